The van der Waals surface area contributed by atoms with Crippen molar-refractivity contribution >= 4 is 28.8 Å². The molecule has 3 aliphatic heterocycles. The van der Waals surface area contributed by atoms with Gasteiger partial charge in [0.2, 0.25) is 5.91 Å². The molecule has 1 aliphatic carbocycles. The third kappa shape index (κ3) is 4.76. The number of rotatable bonds is 6. The monoisotopic (exact) mass is 516 g/mol. The third-order valence-electron chi connectivity index (χ3n) is 7.98. The molecular formula is C30H33ClN4O2. The van der Waals surface area contributed by atoms with Gasteiger partial charge in [0, 0.05) is 61.0 Å². The summed E-state index contributed by atoms with van der Waals surface area (Å²) in [7, 11) is 1.70. The van der Waals surface area contributed by atoms with E-state index in [0.29, 0.717) is 5.91 Å². The predicted molar refractivity (Wildman–Crippen MR) is 148 cm³/mol. The molecule has 0 spiro atoms. The van der Waals surface area contributed by atoms with Crippen molar-refractivity contribution in [3.8, 4) is 5.75 Å². The van der Waals surface area contributed by atoms with Gasteiger partial charge in [-0.25, -0.2) is 0 Å². The van der Waals surface area contributed by atoms with Gasteiger partial charge in [-0.05, 0) is 42.7 Å². The number of hydrogen-bond acceptors (Lipinski definition) is 5. The van der Waals surface area contributed by atoms with Gasteiger partial charge in [0.25, 0.3) is 0 Å². The second-order valence-corrected chi connectivity index (χ2v) is 10.6. The predicted octanol–water partition coefficient (Wildman–Crippen LogP) is 4.80. The normalized spacial score (nSPS) is 21.9. The van der Waals surface area contributed by atoms with Crippen LogP contribution in [0, 0.1) is 5.92 Å². The summed E-state index contributed by atoms with van der Waals surface area (Å²) in [6.07, 6.45) is 9.89. The van der Waals surface area contributed by atoms with Gasteiger partial charge in [-0.1, -0.05) is 54.4 Å². The number of methoxy groups -OCH3 is 1. The molecule has 37 heavy (non-hydrogen) atoms. The molecule has 7 heteroatoms. The number of halogens is 1. The zero-order chi connectivity index (χ0) is 25.4. The highest BCUT2D eigenvalue weighted by molar-refractivity contribution is 6.32. The molecule has 192 valence electrons. The van der Waals surface area contributed by atoms with Crippen molar-refractivity contribution < 1.29 is 9.53 Å². The Labute approximate surface area is 223 Å². The van der Waals surface area contributed by atoms with Crippen LogP contribution in [0.3, 0.4) is 0 Å². The topological polar surface area (TPSA) is 48.1 Å². The lowest BCUT2D eigenvalue weighted by Crippen LogP contribution is -2.51. The van der Waals surface area contributed by atoms with Crippen molar-refractivity contribution in [2.24, 2.45) is 5.92 Å². The van der Waals surface area contributed by atoms with E-state index in [-0.39, 0.29) is 12.1 Å². The molecule has 1 saturated carbocycles. The molecule has 4 aliphatic rings. The van der Waals surface area contributed by atoms with Crippen molar-refractivity contribution in [3.63, 3.8) is 0 Å². The molecule has 1 amide bonds. The van der Waals surface area contributed by atoms with E-state index in [9.17, 15) is 4.79 Å². The maximum atomic E-state index is 12.8. The van der Waals surface area contributed by atoms with E-state index in [2.05, 4.69) is 56.6 Å². The average molecular weight is 517 g/mol. The number of fused-ring (bicyclic) bond motifs is 1. The minimum Gasteiger partial charge on any atom is -0.497 e. The molecular weight excluding hydrogens is 484 g/mol. The fraction of sp³-hybridized carbons (Fsp3) is 0.367. The standard InChI is InChI=1S/C30H33ClN4O2/c1-37-24-9-5-8-22(18-24)29-27(20-33-14-16-34(17-15-33)30(36)21-6-4-7-21)35-19-23(12-13-28(35)32-29)25-10-2-3-11-26(25)31/h2-3,5,8-13,18-19,21,28,32H,4,6-7,14-17,20H2,1H3. The van der Waals surface area contributed by atoms with Crippen LogP contribution in [-0.2, 0) is 4.79 Å². The zero-order valence-electron chi connectivity index (χ0n) is 21.2. The van der Waals surface area contributed by atoms with Crippen molar-refractivity contribution in [2.45, 2.75) is 25.4 Å². The van der Waals surface area contributed by atoms with E-state index < -0.39 is 0 Å². The van der Waals surface area contributed by atoms with Gasteiger partial charge in [0.1, 0.15) is 11.9 Å². The van der Waals surface area contributed by atoms with Crippen molar-refractivity contribution in [1.82, 2.24) is 20.0 Å². The first-order valence-corrected chi connectivity index (χ1v) is 13.6. The van der Waals surface area contributed by atoms with E-state index in [1.165, 1.54) is 12.1 Å². The van der Waals surface area contributed by atoms with Gasteiger partial charge < -0.3 is 19.9 Å². The molecule has 0 bridgehead atoms. The number of piperazine rings is 1. The van der Waals surface area contributed by atoms with Gasteiger partial charge in [-0.3, -0.25) is 9.69 Å². The number of carbonyl (C=O) groups excluding carboxylic acids is 1. The maximum absolute atomic E-state index is 12.8. The Bertz CT molecular complexity index is 1270. The molecule has 0 aromatic heterocycles. The summed E-state index contributed by atoms with van der Waals surface area (Å²) < 4.78 is 5.52. The molecule has 1 N–H and O–H groups in total. The van der Waals surface area contributed by atoms with Crippen LogP contribution in [0.5, 0.6) is 5.75 Å². The number of allylic oxidation sites excluding steroid dienone is 2. The second kappa shape index (κ2) is 10.3. The highest BCUT2D eigenvalue weighted by Crippen LogP contribution is 2.36. The van der Waals surface area contributed by atoms with Crippen LogP contribution < -0.4 is 10.1 Å². The van der Waals surface area contributed by atoms with E-state index in [1.807, 2.05) is 30.3 Å². The molecule has 2 aromatic carbocycles. The highest BCUT2D eigenvalue weighted by Gasteiger charge is 2.35. The Morgan fingerprint density at radius 2 is 1.89 bits per heavy atom. The largest absolute Gasteiger partial charge is 0.497 e. The number of hydrogen-bond donors (Lipinski definition) is 1. The van der Waals surface area contributed by atoms with Gasteiger partial charge in [0.15, 0.2) is 0 Å². The summed E-state index contributed by atoms with van der Waals surface area (Å²) in [5.41, 5.74) is 5.54. The summed E-state index contributed by atoms with van der Waals surface area (Å²) in [5.74, 6) is 1.46. The number of benzene rings is 2. The molecule has 3 heterocycles. The van der Waals surface area contributed by atoms with Gasteiger partial charge in [-0.15, -0.1) is 0 Å². The van der Waals surface area contributed by atoms with Crippen LogP contribution in [0.1, 0.15) is 30.4 Å². The second-order valence-electron chi connectivity index (χ2n) is 10.2. The molecule has 0 radical (unpaired) electrons. The quantitative estimate of drug-likeness (QED) is 0.597. The van der Waals surface area contributed by atoms with E-state index in [1.54, 1.807) is 7.11 Å². The van der Waals surface area contributed by atoms with Crippen LogP contribution in [0.4, 0.5) is 0 Å². The average Bonchev–Trinajstić information content (AvgIpc) is 3.26. The van der Waals surface area contributed by atoms with Crippen LogP contribution in [0.25, 0.3) is 11.3 Å². The number of carbonyl (C=O) groups is 1. The Morgan fingerprint density at radius 3 is 2.62 bits per heavy atom. The summed E-state index contributed by atoms with van der Waals surface area (Å²) >= 11 is 6.55. The summed E-state index contributed by atoms with van der Waals surface area (Å²) in [6.45, 7) is 4.15. The Balaban J connectivity index is 1.28. The molecule has 6 nitrogen and oxygen atoms in total. The summed E-state index contributed by atoms with van der Waals surface area (Å²) in [4.78, 5) is 19.6. The Kier molecular flexibility index (Phi) is 6.70. The van der Waals surface area contributed by atoms with E-state index in [4.69, 9.17) is 16.3 Å². The van der Waals surface area contributed by atoms with Crippen LogP contribution >= 0.6 is 11.6 Å². The third-order valence-corrected chi connectivity index (χ3v) is 8.31. The smallest absolute Gasteiger partial charge is 0.225 e. The molecule has 2 aromatic rings. The number of nitrogens with one attached hydrogen (secondary N) is 1. The first kappa shape index (κ1) is 24.1. The number of amides is 1. The van der Waals surface area contributed by atoms with Gasteiger partial charge in [-0.2, -0.15) is 0 Å². The summed E-state index contributed by atoms with van der Waals surface area (Å²) in [6, 6.07) is 16.2. The van der Waals surface area contributed by atoms with E-state index in [0.717, 1.165) is 78.7 Å². The SMILES string of the molecule is COc1cccc(C2=C(CN3CCN(C(=O)C4CCC4)CC3)N3C=C(c4ccccc4Cl)C=CC3N2)c1. The first-order chi connectivity index (χ1) is 18.1. The first-order valence-electron chi connectivity index (χ1n) is 13.2. The molecule has 1 saturated heterocycles. The zero-order valence-corrected chi connectivity index (χ0v) is 22.0. The molecule has 1 unspecified atom stereocenters. The highest BCUT2D eigenvalue weighted by atomic mass is 35.5. The van der Waals surface area contributed by atoms with Crippen molar-refractivity contribution in [1.29, 1.82) is 0 Å². The summed E-state index contributed by atoms with van der Waals surface area (Å²) in [5, 5.41) is 4.48. The minimum atomic E-state index is 0.0314. The lowest BCUT2D eigenvalue weighted by Gasteiger charge is -2.39. The van der Waals surface area contributed by atoms with Crippen LogP contribution in [0.2, 0.25) is 5.02 Å². The van der Waals surface area contributed by atoms with Crippen LogP contribution in [0.15, 0.2) is 72.6 Å². The Morgan fingerprint density at radius 1 is 1.08 bits per heavy atom. The Hall–Kier alpha value is -3.22. The van der Waals surface area contributed by atoms with Gasteiger partial charge >= 0.3 is 0 Å². The van der Waals surface area contributed by atoms with E-state index >= 15 is 0 Å². The van der Waals surface area contributed by atoms with Gasteiger partial charge in [0.05, 0.1) is 18.5 Å². The fourth-order valence-electron chi connectivity index (χ4n) is 5.58. The number of nitrogens with zero attached hydrogens (tertiary/aromatic N) is 3. The molecule has 2 fully saturated rings. The fourth-order valence-corrected chi connectivity index (χ4v) is 5.82. The lowest BCUT2D eigenvalue weighted by atomic mass is 9.84. The van der Waals surface area contributed by atoms with Crippen LogP contribution in [-0.4, -0.2) is 66.6 Å². The number of ether oxygens (including phenoxy) is 1. The maximum Gasteiger partial charge on any atom is 0.225 e. The van der Waals surface area contributed by atoms with Crippen molar-refractivity contribution in [2.75, 3.05) is 39.8 Å². The van der Waals surface area contributed by atoms with Crippen molar-refractivity contribution in [3.05, 3.63) is 88.7 Å². The lowest BCUT2D eigenvalue weighted by molar-refractivity contribution is -0.139. The molecule has 6 rings (SSSR count). The molecule has 1 atom stereocenters. The minimum absolute atomic E-state index is 0.0314.